The lowest BCUT2D eigenvalue weighted by Gasteiger charge is -2.21. The van der Waals surface area contributed by atoms with Crippen LogP contribution in [0.2, 0.25) is 0 Å². The van der Waals surface area contributed by atoms with Crippen LogP contribution in [-0.2, 0) is 15.5 Å². The molecular formula is C13H27NO2S. The number of hydrogen-bond acceptors (Lipinski definition) is 3. The Kier molecular flexibility index (Phi) is 8.06. The summed E-state index contributed by atoms with van der Waals surface area (Å²) in [6.45, 7) is 7.08. The SMILES string of the molecule is CCCNC(C)CCCS(=O)C1CCOCC1. The van der Waals surface area contributed by atoms with Crippen LogP contribution in [0, 0.1) is 0 Å². The maximum Gasteiger partial charge on any atom is 0.0477 e. The summed E-state index contributed by atoms with van der Waals surface area (Å²) in [7, 11) is -0.636. The highest BCUT2D eigenvalue weighted by Crippen LogP contribution is 2.14. The van der Waals surface area contributed by atoms with Gasteiger partial charge in [0.05, 0.1) is 0 Å². The van der Waals surface area contributed by atoms with E-state index in [1.54, 1.807) is 0 Å². The lowest BCUT2D eigenvalue weighted by Crippen LogP contribution is -2.29. The van der Waals surface area contributed by atoms with E-state index in [0.717, 1.165) is 51.2 Å². The van der Waals surface area contributed by atoms with Crippen LogP contribution in [0.5, 0.6) is 0 Å². The molecule has 1 fully saturated rings. The van der Waals surface area contributed by atoms with Crippen LogP contribution in [0.3, 0.4) is 0 Å². The average molecular weight is 261 g/mol. The molecule has 0 amide bonds. The molecular weight excluding hydrogens is 234 g/mol. The lowest BCUT2D eigenvalue weighted by atomic mass is 10.2. The number of hydrogen-bond donors (Lipinski definition) is 1. The van der Waals surface area contributed by atoms with Crippen molar-refractivity contribution in [2.24, 2.45) is 0 Å². The third-order valence-electron chi connectivity index (χ3n) is 3.27. The molecule has 0 spiro atoms. The highest BCUT2D eigenvalue weighted by atomic mass is 32.2. The van der Waals surface area contributed by atoms with Crippen LogP contribution in [0.4, 0.5) is 0 Å². The molecule has 2 unspecified atom stereocenters. The van der Waals surface area contributed by atoms with Gasteiger partial charge < -0.3 is 10.1 Å². The minimum atomic E-state index is -0.636. The third-order valence-corrected chi connectivity index (χ3v) is 5.17. The Bertz CT molecular complexity index is 217. The van der Waals surface area contributed by atoms with E-state index < -0.39 is 10.8 Å². The molecule has 0 radical (unpaired) electrons. The van der Waals surface area contributed by atoms with E-state index >= 15 is 0 Å². The fourth-order valence-corrected chi connectivity index (χ4v) is 3.63. The fourth-order valence-electron chi connectivity index (χ4n) is 2.13. The van der Waals surface area contributed by atoms with Gasteiger partial charge in [0, 0.05) is 41.1 Å². The molecule has 0 saturated carbocycles. The topological polar surface area (TPSA) is 38.3 Å². The van der Waals surface area contributed by atoms with Crippen LogP contribution in [-0.4, -0.2) is 41.0 Å². The molecule has 1 aliphatic heterocycles. The minimum Gasteiger partial charge on any atom is -0.381 e. The fraction of sp³-hybridized carbons (Fsp3) is 1.00. The molecule has 1 rings (SSSR count). The van der Waals surface area contributed by atoms with Crippen molar-refractivity contribution in [1.82, 2.24) is 5.32 Å². The van der Waals surface area contributed by atoms with Crippen molar-refractivity contribution >= 4 is 10.8 Å². The largest absolute Gasteiger partial charge is 0.381 e. The Balaban J connectivity index is 2.06. The van der Waals surface area contributed by atoms with Gasteiger partial charge >= 0.3 is 0 Å². The van der Waals surface area contributed by atoms with Gasteiger partial charge in [0.25, 0.3) is 0 Å². The van der Waals surface area contributed by atoms with Crippen molar-refractivity contribution < 1.29 is 8.95 Å². The maximum absolute atomic E-state index is 12.0. The number of nitrogens with one attached hydrogen (secondary N) is 1. The van der Waals surface area contributed by atoms with Crippen LogP contribution >= 0.6 is 0 Å². The first kappa shape index (κ1) is 15.1. The molecule has 1 aliphatic rings. The van der Waals surface area contributed by atoms with Crippen molar-refractivity contribution in [1.29, 1.82) is 0 Å². The molecule has 0 aromatic rings. The zero-order valence-electron chi connectivity index (χ0n) is 11.2. The van der Waals surface area contributed by atoms with Crippen molar-refractivity contribution in [2.75, 3.05) is 25.5 Å². The quantitative estimate of drug-likeness (QED) is 0.727. The van der Waals surface area contributed by atoms with Gasteiger partial charge in [0.2, 0.25) is 0 Å². The Morgan fingerprint density at radius 2 is 2.12 bits per heavy atom. The molecule has 0 aromatic heterocycles. The Morgan fingerprint density at radius 1 is 1.41 bits per heavy atom. The van der Waals surface area contributed by atoms with E-state index in [0.29, 0.717) is 11.3 Å². The smallest absolute Gasteiger partial charge is 0.0477 e. The zero-order valence-corrected chi connectivity index (χ0v) is 12.1. The van der Waals surface area contributed by atoms with Gasteiger partial charge in [-0.3, -0.25) is 4.21 Å². The highest BCUT2D eigenvalue weighted by Gasteiger charge is 2.19. The second-order valence-corrected chi connectivity index (χ2v) is 6.73. The Labute approximate surface area is 108 Å². The lowest BCUT2D eigenvalue weighted by molar-refractivity contribution is 0.0992. The van der Waals surface area contributed by atoms with Crippen molar-refractivity contribution in [3.05, 3.63) is 0 Å². The second kappa shape index (κ2) is 9.06. The van der Waals surface area contributed by atoms with Crippen LogP contribution in [0.25, 0.3) is 0 Å². The first-order valence-electron chi connectivity index (χ1n) is 6.92. The monoisotopic (exact) mass is 261 g/mol. The highest BCUT2D eigenvalue weighted by molar-refractivity contribution is 7.85. The Hall–Kier alpha value is 0.0700. The third kappa shape index (κ3) is 6.53. The summed E-state index contributed by atoms with van der Waals surface area (Å²) < 4.78 is 17.3. The molecule has 0 aliphatic carbocycles. The molecule has 0 bridgehead atoms. The molecule has 2 atom stereocenters. The first-order chi connectivity index (χ1) is 8.24. The van der Waals surface area contributed by atoms with E-state index in [4.69, 9.17) is 4.74 Å². The van der Waals surface area contributed by atoms with E-state index in [1.165, 1.54) is 6.42 Å². The molecule has 3 nitrogen and oxygen atoms in total. The van der Waals surface area contributed by atoms with Gasteiger partial charge in [-0.1, -0.05) is 6.92 Å². The van der Waals surface area contributed by atoms with Crippen molar-refractivity contribution in [3.63, 3.8) is 0 Å². The molecule has 4 heteroatoms. The Morgan fingerprint density at radius 3 is 2.76 bits per heavy atom. The summed E-state index contributed by atoms with van der Waals surface area (Å²) in [6, 6.07) is 0.557. The molecule has 1 N–H and O–H groups in total. The summed E-state index contributed by atoms with van der Waals surface area (Å²) >= 11 is 0. The predicted molar refractivity (Wildman–Crippen MR) is 73.8 cm³/mol. The van der Waals surface area contributed by atoms with Crippen molar-refractivity contribution in [3.8, 4) is 0 Å². The molecule has 1 saturated heterocycles. The standard InChI is InChI=1S/C13H27NO2S/c1-3-8-14-12(2)5-4-11-17(15)13-6-9-16-10-7-13/h12-14H,3-11H2,1-2H3. The second-order valence-electron chi connectivity index (χ2n) is 4.89. The summed E-state index contributed by atoms with van der Waals surface area (Å²) in [6.07, 6.45) is 5.35. The molecule has 0 aromatic carbocycles. The van der Waals surface area contributed by atoms with E-state index in [2.05, 4.69) is 19.2 Å². The van der Waals surface area contributed by atoms with Crippen molar-refractivity contribution in [2.45, 2.75) is 57.2 Å². The van der Waals surface area contributed by atoms with Gasteiger partial charge in [0.1, 0.15) is 0 Å². The van der Waals surface area contributed by atoms with E-state index in [-0.39, 0.29) is 0 Å². The molecule has 102 valence electrons. The van der Waals surface area contributed by atoms with Crippen LogP contribution < -0.4 is 5.32 Å². The minimum absolute atomic E-state index is 0.391. The van der Waals surface area contributed by atoms with Gasteiger partial charge in [-0.05, 0) is 45.6 Å². The normalized spacial score (nSPS) is 21.3. The zero-order chi connectivity index (χ0) is 12.5. The number of rotatable bonds is 8. The molecule has 17 heavy (non-hydrogen) atoms. The van der Waals surface area contributed by atoms with Crippen LogP contribution in [0.15, 0.2) is 0 Å². The summed E-state index contributed by atoms with van der Waals surface area (Å²) in [5.41, 5.74) is 0. The van der Waals surface area contributed by atoms with Gasteiger partial charge in [-0.2, -0.15) is 0 Å². The first-order valence-corrected chi connectivity index (χ1v) is 8.30. The van der Waals surface area contributed by atoms with Gasteiger partial charge in [0.15, 0.2) is 0 Å². The van der Waals surface area contributed by atoms with Gasteiger partial charge in [-0.25, -0.2) is 0 Å². The summed E-state index contributed by atoms with van der Waals surface area (Å²) in [4.78, 5) is 0. The average Bonchev–Trinajstić information content (AvgIpc) is 2.37. The maximum atomic E-state index is 12.0. The van der Waals surface area contributed by atoms with Gasteiger partial charge in [-0.15, -0.1) is 0 Å². The molecule has 1 heterocycles. The number of ether oxygens (including phenoxy) is 1. The van der Waals surface area contributed by atoms with Crippen LogP contribution in [0.1, 0.15) is 46.0 Å². The van der Waals surface area contributed by atoms with E-state index in [1.807, 2.05) is 0 Å². The summed E-state index contributed by atoms with van der Waals surface area (Å²) in [5, 5.41) is 3.86. The summed E-state index contributed by atoms with van der Waals surface area (Å²) in [5.74, 6) is 0.864. The van der Waals surface area contributed by atoms with E-state index in [9.17, 15) is 4.21 Å². The predicted octanol–water partition coefficient (Wildman–Crippen LogP) is 2.08.